The van der Waals surface area contributed by atoms with Gasteiger partial charge in [-0.3, -0.25) is 0 Å². The molecule has 170 valence electrons. The van der Waals surface area contributed by atoms with Gasteiger partial charge in [0.1, 0.15) is 6.10 Å². The van der Waals surface area contributed by atoms with E-state index in [-0.39, 0.29) is 6.10 Å². The number of rotatable bonds is 4. The van der Waals surface area contributed by atoms with Gasteiger partial charge in [-0.15, -0.1) is 5.10 Å². The molecule has 6 rings (SSSR count). The van der Waals surface area contributed by atoms with Gasteiger partial charge in [-0.05, 0) is 80.6 Å². The summed E-state index contributed by atoms with van der Waals surface area (Å²) in [5, 5.41) is 6.26. The highest BCUT2D eigenvalue weighted by molar-refractivity contribution is 5.88. The van der Waals surface area contributed by atoms with Gasteiger partial charge in [-0.25, -0.2) is 9.67 Å². The molecule has 0 radical (unpaired) electrons. The van der Waals surface area contributed by atoms with Crippen LogP contribution < -0.4 is 0 Å². The Labute approximate surface area is 194 Å². The van der Waals surface area contributed by atoms with Crippen LogP contribution in [-0.4, -0.2) is 45.4 Å². The van der Waals surface area contributed by atoms with Crippen LogP contribution in [0.25, 0.3) is 28.0 Å². The van der Waals surface area contributed by atoms with E-state index >= 15 is 0 Å². The third-order valence-corrected chi connectivity index (χ3v) is 7.36. The summed E-state index contributed by atoms with van der Waals surface area (Å²) in [5.41, 5.74) is 9.08. The van der Waals surface area contributed by atoms with Crippen molar-refractivity contribution in [3.05, 3.63) is 64.6 Å². The van der Waals surface area contributed by atoms with E-state index in [1.54, 1.807) is 7.11 Å². The van der Waals surface area contributed by atoms with Crippen molar-refractivity contribution in [3.8, 4) is 17.1 Å². The van der Waals surface area contributed by atoms with E-state index in [4.69, 9.17) is 14.8 Å². The van der Waals surface area contributed by atoms with Crippen molar-refractivity contribution in [2.45, 2.75) is 51.7 Å². The maximum absolute atomic E-state index is 5.58. The number of ether oxygens (including phenoxy) is 1. The number of methoxy groups -OCH3 is 1. The van der Waals surface area contributed by atoms with Crippen LogP contribution in [0.2, 0.25) is 0 Å². The minimum atomic E-state index is -0.165. The minimum absolute atomic E-state index is 0.165. The van der Waals surface area contributed by atoms with Crippen LogP contribution in [0.15, 0.2) is 36.4 Å². The molecule has 33 heavy (non-hydrogen) atoms. The van der Waals surface area contributed by atoms with E-state index in [0.29, 0.717) is 0 Å². The molecule has 0 saturated carbocycles. The van der Waals surface area contributed by atoms with Crippen LogP contribution in [0.1, 0.15) is 54.1 Å². The molecular weight excluding hydrogens is 410 g/mol. The number of H-pyrrole nitrogens is 1. The van der Waals surface area contributed by atoms with E-state index in [1.165, 1.54) is 46.1 Å². The van der Waals surface area contributed by atoms with E-state index in [0.717, 1.165) is 55.3 Å². The topological polar surface area (TPSA) is 59.0 Å². The number of aromatic amines is 1. The Morgan fingerprint density at radius 3 is 2.82 bits per heavy atom. The van der Waals surface area contributed by atoms with Gasteiger partial charge >= 0.3 is 0 Å². The summed E-state index contributed by atoms with van der Waals surface area (Å²) in [4.78, 5) is 11.0. The van der Waals surface area contributed by atoms with Crippen LogP contribution >= 0.6 is 0 Å². The molecule has 3 heterocycles. The normalized spacial score (nSPS) is 17.2. The van der Waals surface area contributed by atoms with Crippen LogP contribution in [0.5, 0.6) is 0 Å². The van der Waals surface area contributed by atoms with E-state index < -0.39 is 0 Å². The number of fused-ring (bicyclic) bond motifs is 4. The van der Waals surface area contributed by atoms with Crippen molar-refractivity contribution in [2.75, 3.05) is 20.7 Å². The average Bonchev–Trinajstić information content (AvgIpc) is 3.44. The molecular formula is C27H31N5O. The maximum Gasteiger partial charge on any atom is 0.180 e. The Kier molecular flexibility index (Phi) is 5.07. The second kappa shape index (κ2) is 8.12. The van der Waals surface area contributed by atoms with Gasteiger partial charge < -0.3 is 14.6 Å². The van der Waals surface area contributed by atoms with Crippen molar-refractivity contribution in [1.82, 2.24) is 24.6 Å². The molecule has 0 fully saturated rings. The first kappa shape index (κ1) is 20.6. The average molecular weight is 442 g/mol. The lowest BCUT2D eigenvalue weighted by Gasteiger charge is -2.22. The highest BCUT2D eigenvalue weighted by atomic mass is 16.5. The van der Waals surface area contributed by atoms with Crippen molar-refractivity contribution < 1.29 is 4.74 Å². The SMILES string of the molecule is COC(C)c1nc(-c2ccc3[nH]c4c(c3c2)CN(C)CC4)n(-c2cccc3c2CCCC3)n1. The Balaban J connectivity index is 1.54. The zero-order valence-corrected chi connectivity index (χ0v) is 19.7. The second-order valence-electron chi connectivity index (χ2n) is 9.54. The molecule has 0 spiro atoms. The van der Waals surface area contributed by atoms with Crippen LogP contribution in [0, 0.1) is 0 Å². The smallest absolute Gasteiger partial charge is 0.180 e. The minimum Gasteiger partial charge on any atom is -0.374 e. The van der Waals surface area contributed by atoms with Crippen molar-refractivity contribution in [2.24, 2.45) is 0 Å². The molecule has 2 aromatic heterocycles. The Morgan fingerprint density at radius 2 is 1.94 bits per heavy atom. The molecule has 1 atom stereocenters. The molecule has 1 aliphatic heterocycles. The van der Waals surface area contributed by atoms with Crippen molar-refractivity contribution in [1.29, 1.82) is 0 Å². The van der Waals surface area contributed by atoms with Gasteiger partial charge in [0.05, 0.1) is 5.69 Å². The van der Waals surface area contributed by atoms with E-state index in [2.05, 4.69) is 58.0 Å². The number of aryl methyl sites for hydroxylation is 1. The Hall–Kier alpha value is -2.96. The predicted molar refractivity (Wildman–Crippen MR) is 131 cm³/mol. The third-order valence-electron chi connectivity index (χ3n) is 7.36. The van der Waals surface area contributed by atoms with E-state index in [1.807, 2.05) is 6.92 Å². The zero-order valence-electron chi connectivity index (χ0n) is 19.7. The largest absolute Gasteiger partial charge is 0.374 e. The van der Waals surface area contributed by atoms with Crippen molar-refractivity contribution in [3.63, 3.8) is 0 Å². The summed E-state index contributed by atoms with van der Waals surface area (Å²) in [6.07, 6.45) is 5.63. The second-order valence-corrected chi connectivity index (χ2v) is 9.54. The van der Waals surface area contributed by atoms with Gasteiger partial charge in [-0.2, -0.15) is 0 Å². The molecule has 0 saturated heterocycles. The standard InChI is InChI=1S/C27H31N5O/c1-17(33-3)26-29-27(32(30-26)25-10-6-8-18-7-4-5-9-20(18)25)19-11-12-23-21(15-19)22-16-31(2)14-13-24(22)28-23/h6,8,10-12,15,17,28H,4-5,7,9,13-14,16H2,1-3H3. The number of nitrogens with zero attached hydrogens (tertiary/aromatic N) is 4. The molecule has 0 amide bonds. The zero-order chi connectivity index (χ0) is 22.5. The number of nitrogens with one attached hydrogen (secondary N) is 1. The lowest BCUT2D eigenvalue weighted by molar-refractivity contribution is 0.112. The fourth-order valence-electron chi connectivity index (χ4n) is 5.41. The first-order valence-corrected chi connectivity index (χ1v) is 12.1. The Morgan fingerprint density at radius 1 is 1.06 bits per heavy atom. The molecule has 1 unspecified atom stereocenters. The number of benzene rings is 2. The van der Waals surface area contributed by atoms with Gasteiger partial charge in [0.25, 0.3) is 0 Å². The molecule has 0 bridgehead atoms. The van der Waals surface area contributed by atoms with E-state index in [9.17, 15) is 0 Å². The van der Waals surface area contributed by atoms with Crippen LogP contribution in [-0.2, 0) is 30.5 Å². The number of aromatic nitrogens is 4. The number of hydrogen-bond acceptors (Lipinski definition) is 4. The summed E-state index contributed by atoms with van der Waals surface area (Å²) in [6.45, 7) is 4.08. The molecule has 1 aliphatic carbocycles. The molecule has 2 aromatic carbocycles. The summed E-state index contributed by atoms with van der Waals surface area (Å²) in [6, 6.07) is 13.3. The molecule has 2 aliphatic rings. The molecule has 6 heteroatoms. The quantitative estimate of drug-likeness (QED) is 0.485. The predicted octanol–water partition coefficient (Wildman–Crippen LogP) is 4.99. The highest BCUT2D eigenvalue weighted by Gasteiger charge is 2.23. The summed E-state index contributed by atoms with van der Waals surface area (Å²) >= 11 is 0. The lowest BCUT2D eigenvalue weighted by atomic mass is 9.90. The first-order valence-electron chi connectivity index (χ1n) is 12.1. The fraction of sp³-hybridized carbons (Fsp3) is 0.407. The molecule has 6 nitrogen and oxygen atoms in total. The molecule has 1 N–H and O–H groups in total. The monoisotopic (exact) mass is 441 g/mol. The summed E-state index contributed by atoms with van der Waals surface area (Å²) in [5.74, 6) is 1.60. The van der Waals surface area contributed by atoms with Gasteiger partial charge in [0.15, 0.2) is 11.6 Å². The lowest BCUT2D eigenvalue weighted by Crippen LogP contribution is -2.25. The maximum atomic E-state index is 5.58. The van der Waals surface area contributed by atoms with Gasteiger partial charge in [-0.1, -0.05) is 12.1 Å². The fourth-order valence-corrected chi connectivity index (χ4v) is 5.41. The number of likely N-dealkylation sites (N-methyl/N-ethyl adjacent to an activating group) is 1. The summed E-state index contributed by atoms with van der Waals surface area (Å²) in [7, 11) is 3.91. The van der Waals surface area contributed by atoms with Crippen LogP contribution in [0.3, 0.4) is 0 Å². The van der Waals surface area contributed by atoms with Crippen molar-refractivity contribution >= 4 is 10.9 Å². The third kappa shape index (κ3) is 3.49. The highest BCUT2D eigenvalue weighted by Crippen LogP contribution is 2.34. The van der Waals surface area contributed by atoms with Gasteiger partial charge in [0.2, 0.25) is 0 Å². The first-order chi connectivity index (χ1) is 16.1. The summed E-state index contributed by atoms with van der Waals surface area (Å²) < 4.78 is 7.64. The number of hydrogen-bond donors (Lipinski definition) is 1. The van der Waals surface area contributed by atoms with Crippen LogP contribution in [0.4, 0.5) is 0 Å². The molecule has 4 aromatic rings. The van der Waals surface area contributed by atoms with Gasteiger partial charge in [0, 0.05) is 48.8 Å². The Bertz CT molecular complexity index is 1330.